The summed E-state index contributed by atoms with van der Waals surface area (Å²) >= 11 is 0. The van der Waals surface area contributed by atoms with Crippen LogP contribution >= 0.6 is 0 Å². The predicted molar refractivity (Wildman–Crippen MR) is 144 cm³/mol. The second-order valence-electron chi connectivity index (χ2n) is 10.0. The van der Waals surface area contributed by atoms with Gasteiger partial charge in [0.15, 0.2) is 5.69 Å². The number of allylic oxidation sites excluding steroid dienone is 2. The van der Waals surface area contributed by atoms with Crippen molar-refractivity contribution in [3.63, 3.8) is 0 Å². The molecule has 1 aliphatic rings. The van der Waals surface area contributed by atoms with E-state index in [2.05, 4.69) is 15.4 Å². The molecule has 0 spiro atoms. The maximum atomic E-state index is 14.6. The Morgan fingerprint density at radius 1 is 1.19 bits per heavy atom. The number of nitrogens with one attached hydrogen (secondary N) is 2. The van der Waals surface area contributed by atoms with Crippen LogP contribution in [0.2, 0.25) is 0 Å². The molecule has 4 rings (SSSR count). The molecule has 2 heterocycles. The van der Waals surface area contributed by atoms with Gasteiger partial charge in [0, 0.05) is 36.0 Å². The van der Waals surface area contributed by atoms with E-state index in [0.29, 0.717) is 17.2 Å². The first-order valence-corrected chi connectivity index (χ1v) is 13.1. The number of nitrogens with two attached hydrogens (primary N) is 1. The molecular weight excluding hydrogens is 562 g/mol. The second kappa shape index (κ2) is 12.2. The maximum absolute atomic E-state index is 14.6. The zero-order valence-electron chi connectivity index (χ0n) is 22.6. The largest absolute Gasteiger partial charge is 0.435 e. The van der Waals surface area contributed by atoms with Crippen LogP contribution in [0.1, 0.15) is 61.3 Å². The molecular formula is C29H28F6N6O. The van der Waals surface area contributed by atoms with Crippen molar-refractivity contribution in [2.75, 3.05) is 0 Å². The van der Waals surface area contributed by atoms with E-state index in [1.807, 2.05) is 0 Å². The molecule has 0 aliphatic heterocycles. The summed E-state index contributed by atoms with van der Waals surface area (Å²) in [6, 6.07) is 4.78. The number of benzene rings is 1. The van der Waals surface area contributed by atoms with Crippen molar-refractivity contribution < 1.29 is 31.1 Å². The van der Waals surface area contributed by atoms with Crippen molar-refractivity contribution in [1.82, 2.24) is 20.1 Å². The molecule has 0 saturated heterocycles. The van der Waals surface area contributed by atoms with Gasteiger partial charge in [0.25, 0.3) is 0 Å². The Labute approximate surface area is 237 Å². The van der Waals surface area contributed by atoms with Crippen molar-refractivity contribution in [2.24, 2.45) is 11.7 Å². The number of aromatic nitrogens is 3. The molecule has 0 saturated carbocycles. The molecule has 0 radical (unpaired) electrons. The van der Waals surface area contributed by atoms with E-state index in [1.165, 1.54) is 12.3 Å². The number of nitrogens with zero attached hydrogens (tertiary/aromatic N) is 3. The van der Waals surface area contributed by atoms with E-state index >= 15 is 0 Å². The standard InChI is InChI=1S/C29H28F6N6O/c1-3-24(41-8-6-25(40-41)29(33,34)35)28(42)39-23(12-16-10-17(30)13-18(31)11-16)26-19(5-4-7-38-26)20-14-21(27(36)37)22(32)9-15(20)2/h4-8,10-11,13-15,23-24H,3,9,12H2,1-2H3,(H3,36,37)(H,39,42)/t15?,23-,24?/m0/s1. The fourth-order valence-corrected chi connectivity index (χ4v) is 4.98. The fraction of sp³-hybridized carbons (Fsp3) is 0.310. The van der Waals surface area contributed by atoms with Crippen LogP contribution in [-0.2, 0) is 17.4 Å². The van der Waals surface area contributed by atoms with E-state index in [0.717, 1.165) is 29.1 Å². The molecule has 1 aliphatic carbocycles. The molecule has 7 nitrogen and oxygen atoms in total. The van der Waals surface area contributed by atoms with Gasteiger partial charge in [-0.05, 0) is 60.2 Å². The first-order valence-electron chi connectivity index (χ1n) is 13.1. The van der Waals surface area contributed by atoms with Crippen molar-refractivity contribution in [2.45, 2.75) is 51.4 Å². The van der Waals surface area contributed by atoms with E-state index in [9.17, 15) is 31.1 Å². The summed E-state index contributed by atoms with van der Waals surface area (Å²) in [6.45, 7) is 3.36. The summed E-state index contributed by atoms with van der Waals surface area (Å²) in [4.78, 5) is 18.0. The monoisotopic (exact) mass is 590 g/mol. The molecule has 3 aromatic rings. The highest BCUT2D eigenvalue weighted by molar-refractivity contribution is 6.00. The minimum Gasteiger partial charge on any atom is -0.384 e. The topological polar surface area (TPSA) is 110 Å². The summed E-state index contributed by atoms with van der Waals surface area (Å²) < 4.78 is 83.2. The average molecular weight is 591 g/mol. The lowest BCUT2D eigenvalue weighted by Gasteiger charge is -2.27. The van der Waals surface area contributed by atoms with Crippen LogP contribution in [0.3, 0.4) is 0 Å². The van der Waals surface area contributed by atoms with Gasteiger partial charge in [-0.15, -0.1) is 0 Å². The quantitative estimate of drug-likeness (QED) is 0.156. The van der Waals surface area contributed by atoms with E-state index in [4.69, 9.17) is 11.1 Å². The molecule has 0 bridgehead atoms. The highest BCUT2D eigenvalue weighted by atomic mass is 19.4. The number of amides is 1. The van der Waals surface area contributed by atoms with Crippen LogP contribution in [-0.4, -0.2) is 26.5 Å². The third kappa shape index (κ3) is 6.72. The Morgan fingerprint density at radius 2 is 1.88 bits per heavy atom. The lowest BCUT2D eigenvalue weighted by Crippen LogP contribution is -2.37. The number of carbonyl (C=O) groups excluding carboxylic acids is 1. The molecule has 4 N–H and O–H groups in total. The SMILES string of the molecule is CCC(C(=O)N[C@@H](Cc1cc(F)cc(F)c1)c1ncccc1C1=CC(C(=N)N)=C(F)CC1C)n1ccc(C(F)(F)F)n1. The molecule has 1 aromatic carbocycles. The molecule has 42 heavy (non-hydrogen) atoms. The van der Waals surface area contributed by atoms with Crippen molar-refractivity contribution >= 4 is 17.3 Å². The number of pyridine rings is 1. The first kappa shape index (κ1) is 30.5. The van der Waals surface area contributed by atoms with Crippen LogP contribution in [0.15, 0.2) is 66.3 Å². The predicted octanol–water partition coefficient (Wildman–Crippen LogP) is 6.21. The number of hydrogen-bond donors (Lipinski definition) is 3. The molecule has 2 aromatic heterocycles. The number of carbonyl (C=O) groups is 1. The smallest absolute Gasteiger partial charge is 0.384 e. The molecule has 2 unspecified atom stereocenters. The van der Waals surface area contributed by atoms with Gasteiger partial charge in [0.2, 0.25) is 5.91 Å². The maximum Gasteiger partial charge on any atom is 0.435 e. The van der Waals surface area contributed by atoms with Gasteiger partial charge in [0.1, 0.15) is 29.3 Å². The summed E-state index contributed by atoms with van der Waals surface area (Å²) in [5.41, 5.74) is 5.84. The number of halogens is 6. The number of rotatable bonds is 9. The molecule has 3 atom stereocenters. The number of amidine groups is 1. The summed E-state index contributed by atoms with van der Waals surface area (Å²) in [5.74, 6) is -3.78. The minimum absolute atomic E-state index is 0.0417. The van der Waals surface area contributed by atoms with Gasteiger partial charge in [-0.25, -0.2) is 13.2 Å². The summed E-state index contributed by atoms with van der Waals surface area (Å²) in [6.07, 6.45) is -0.873. The van der Waals surface area contributed by atoms with Crippen molar-refractivity contribution in [3.8, 4) is 0 Å². The Bertz CT molecular complexity index is 1540. The number of hydrogen-bond acceptors (Lipinski definition) is 4. The highest BCUT2D eigenvalue weighted by Gasteiger charge is 2.35. The normalized spacial score (nSPS) is 17.0. The molecule has 222 valence electrons. The molecule has 0 fully saturated rings. The Kier molecular flexibility index (Phi) is 8.88. The zero-order valence-corrected chi connectivity index (χ0v) is 22.6. The zero-order chi connectivity index (χ0) is 30.8. The fourth-order valence-electron chi connectivity index (χ4n) is 4.98. The molecule has 1 amide bonds. The average Bonchev–Trinajstić information content (AvgIpc) is 3.39. The first-order chi connectivity index (χ1) is 19.8. The third-order valence-electron chi connectivity index (χ3n) is 6.96. The van der Waals surface area contributed by atoms with Crippen LogP contribution in [0, 0.1) is 23.0 Å². The van der Waals surface area contributed by atoms with Crippen LogP contribution in [0.25, 0.3) is 5.57 Å². The van der Waals surface area contributed by atoms with Crippen LogP contribution in [0.4, 0.5) is 26.3 Å². The van der Waals surface area contributed by atoms with Crippen LogP contribution < -0.4 is 11.1 Å². The summed E-state index contributed by atoms with van der Waals surface area (Å²) in [5, 5.41) is 14.1. The van der Waals surface area contributed by atoms with Gasteiger partial charge in [-0.1, -0.05) is 19.9 Å². The Hall–Kier alpha value is -4.42. The Morgan fingerprint density at radius 3 is 2.48 bits per heavy atom. The number of alkyl halides is 3. The summed E-state index contributed by atoms with van der Waals surface area (Å²) in [7, 11) is 0. The van der Waals surface area contributed by atoms with Gasteiger partial charge in [-0.2, -0.15) is 18.3 Å². The van der Waals surface area contributed by atoms with Gasteiger partial charge < -0.3 is 11.1 Å². The van der Waals surface area contributed by atoms with E-state index < -0.39 is 53.2 Å². The van der Waals surface area contributed by atoms with Gasteiger partial charge in [-0.3, -0.25) is 19.9 Å². The van der Waals surface area contributed by atoms with E-state index in [-0.39, 0.29) is 42.0 Å². The van der Waals surface area contributed by atoms with Crippen molar-refractivity contribution in [1.29, 1.82) is 5.41 Å². The Balaban J connectivity index is 1.78. The molecule has 13 heteroatoms. The van der Waals surface area contributed by atoms with Gasteiger partial charge in [0.05, 0.1) is 11.7 Å². The highest BCUT2D eigenvalue weighted by Crippen LogP contribution is 2.38. The third-order valence-corrected chi connectivity index (χ3v) is 6.96. The van der Waals surface area contributed by atoms with Gasteiger partial charge >= 0.3 is 6.18 Å². The lowest BCUT2D eigenvalue weighted by molar-refractivity contribution is -0.142. The second-order valence-corrected chi connectivity index (χ2v) is 10.0. The van der Waals surface area contributed by atoms with E-state index in [1.54, 1.807) is 26.0 Å². The lowest BCUT2D eigenvalue weighted by atomic mass is 9.82. The van der Waals surface area contributed by atoms with Crippen LogP contribution in [0.5, 0.6) is 0 Å². The minimum atomic E-state index is -4.70. The van der Waals surface area contributed by atoms with Crippen molar-refractivity contribution in [3.05, 3.63) is 100 Å².